The first-order valence-electron chi connectivity index (χ1n) is 7.89. The highest BCUT2D eigenvalue weighted by molar-refractivity contribution is 6.07. The molecule has 2 heterocycles. The van der Waals surface area contributed by atoms with Crippen molar-refractivity contribution in [3.63, 3.8) is 0 Å². The van der Waals surface area contributed by atoms with Crippen LogP contribution in [0.3, 0.4) is 0 Å². The van der Waals surface area contributed by atoms with Crippen LogP contribution < -0.4 is 10.9 Å². The van der Waals surface area contributed by atoms with Crippen molar-refractivity contribution in [2.24, 2.45) is 0 Å². The van der Waals surface area contributed by atoms with Crippen LogP contribution in [-0.4, -0.2) is 4.40 Å². The Balaban J connectivity index is 2.33. The number of nitrogens with zero attached hydrogens (tertiary/aromatic N) is 1. The third kappa shape index (κ3) is 1.51. The predicted octanol–water partition coefficient (Wildman–Crippen LogP) is 3.87. The molecule has 0 radical (unpaired) electrons. The fourth-order valence-corrected chi connectivity index (χ4v) is 3.70. The Kier molecular flexibility index (Phi) is 2.44. The van der Waals surface area contributed by atoms with Crippen LogP contribution in [0.15, 0.2) is 70.3 Å². The molecule has 114 valence electrons. The first-order valence-corrected chi connectivity index (χ1v) is 7.89. The maximum absolute atomic E-state index is 13.0. The smallest absolute Gasteiger partial charge is 0.197 e. The standard InChI is InChI=1S/C21H13NO2/c1-12-9-10-18-16(11-12)21(24)15-7-4-6-14-19(15)22(18)17-8-3-2-5-13(17)20(14)23/h2-11H,1H3. The highest BCUT2D eigenvalue weighted by Crippen LogP contribution is 2.26. The molecule has 0 unspecified atom stereocenters. The number of rotatable bonds is 0. The normalized spacial score (nSPS) is 11.9. The van der Waals surface area contributed by atoms with Crippen molar-refractivity contribution in [1.29, 1.82) is 0 Å². The van der Waals surface area contributed by atoms with Gasteiger partial charge >= 0.3 is 0 Å². The topological polar surface area (TPSA) is 38.5 Å². The van der Waals surface area contributed by atoms with Crippen LogP contribution in [0, 0.1) is 6.92 Å². The molecule has 5 aromatic rings. The summed E-state index contributed by atoms with van der Waals surface area (Å²) in [7, 11) is 0. The number of aromatic nitrogens is 1. The first kappa shape index (κ1) is 13.3. The van der Waals surface area contributed by atoms with E-state index in [1.807, 2.05) is 49.4 Å². The van der Waals surface area contributed by atoms with Gasteiger partial charge in [-0.25, -0.2) is 0 Å². The second-order valence-corrected chi connectivity index (χ2v) is 6.23. The van der Waals surface area contributed by atoms with Crippen molar-refractivity contribution in [2.75, 3.05) is 0 Å². The number of fused-ring (bicyclic) bond motifs is 4. The van der Waals surface area contributed by atoms with E-state index in [1.54, 1.807) is 18.2 Å². The quantitative estimate of drug-likeness (QED) is 0.322. The lowest BCUT2D eigenvalue weighted by molar-refractivity contribution is 1.30. The monoisotopic (exact) mass is 311 g/mol. The molecule has 0 N–H and O–H groups in total. The highest BCUT2D eigenvalue weighted by Gasteiger charge is 2.16. The second-order valence-electron chi connectivity index (χ2n) is 6.23. The molecule has 0 aliphatic rings. The number of pyridine rings is 2. The molecule has 0 spiro atoms. The molecular weight excluding hydrogens is 298 g/mol. The minimum atomic E-state index is -0.0259. The maximum atomic E-state index is 13.0. The van der Waals surface area contributed by atoms with Crippen LogP contribution in [0.1, 0.15) is 5.56 Å². The Morgan fingerprint density at radius 2 is 1.29 bits per heavy atom. The molecule has 0 saturated carbocycles. The number of hydrogen-bond donors (Lipinski definition) is 0. The summed E-state index contributed by atoms with van der Waals surface area (Å²) in [5, 5.41) is 2.53. The van der Waals surface area contributed by atoms with Gasteiger partial charge in [0.05, 0.1) is 16.6 Å². The average molecular weight is 311 g/mol. The Bertz CT molecular complexity index is 1400. The zero-order valence-electron chi connectivity index (χ0n) is 13.0. The summed E-state index contributed by atoms with van der Waals surface area (Å²) in [4.78, 5) is 25.9. The molecule has 0 aliphatic heterocycles. The minimum Gasteiger partial charge on any atom is -0.308 e. The Morgan fingerprint density at radius 1 is 0.667 bits per heavy atom. The van der Waals surface area contributed by atoms with Gasteiger partial charge in [-0.3, -0.25) is 9.59 Å². The van der Waals surface area contributed by atoms with E-state index in [9.17, 15) is 9.59 Å². The lowest BCUT2D eigenvalue weighted by Crippen LogP contribution is -2.13. The lowest BCUT2D eigenvalue weighted by Gasteiger charge is -2.14. The van der Waals surface area contributed by atoms with Gasteiger partial charge in [0.25, 0.3) is 0 Å². The summed E-state index contributed by atoms with van der Waals surface area (Å²) < 4.78 is 2.05. The van der Waals surface area contributed by atoms with E-state index in [2.05, 4.69) is 4.40 Å². The van der Waals surface area contributed by atoms with E-state index in [1.165, 1.54) is 0 Å². The summed E-state index contributed by atoms with van der Waals surface area (Å²) >= 11 is 0. The van der Waals surface area contributed by atoms with Crippen LogP contribution in [0.2, 0.25) is 0 Å². The summed E-state index contributed by atoms with van der Waals surface area (Å²) in [6.07, 6.45) is 0. The number of hydrogen-bond acceptors (Lipinski definition) is 2. The molecule has 0 amide bonds. The third-order valence-electron chi connectivity index (χ3n) is 4.78. The molecule has 24 heavy (non-hydrogen) atoms. The van der Waals surface area contributed by atoms with Gasteiger partial charge in [-0.1, -0.05) is 29.8 Å². The van der Waals surface area contributed by atoms with Gasteiger partial charge in [-0.05, 0) is 43.3 Å². The van der Waals surface area contributed by atoms with Crippen molar-refractivity contribution in [1.82, 2.24) is 4.40 Å². The minimum absolute atomic E-state index is 0.0195. The highest BCUT2D eigenvalue weighted by atomic mass is 16.1. The van der Waals surface area contributed by atoms with Gasteiger partial charge in [0.15, 0.2) is 10.9 Å². The maximum Gasteiger partial charge on any atom is 0.197 e. The van der Waals surface area contributed by atoms with E-state index in [-0.39, 0.29) is 10.9 Å². The van der Waals surface area contributed by atoms with Crippen LogP contribution >= 0.6 is 0 Å². The van der Waals surface area contributed by atoms with Gasteiger partial charge in [-0.15, -0.1) is 0 Å². The van der Waals surface area contributed by atoms with Crippen LogP contribution in [0.5, 0.6) is 0 Å². The molecular formula is C21H13NO2. The van der Waals surface area contributed by atoms with Crippen molar-refractivity contribution in [2.45, 2.75) is 6.92 Å². The largest absolute Gasteiger partial charge is 0.308 e. The summed E-state index contributed by atoms with van der Waals surface area (Å²) in [5.74, 6) is 0. The van der Waals surface area contributed by atoms with E-state index in [4.69, 9.17) is 0 Å². The van der Waals surface area contributed by atoms with Gasteiger partial charge < -0.3 is 4.40 Å². The fraction of sp³-hybridized carbons (Fsp3) is 0.0476. The summed E-state index contributed by atoms with van der Waals surface area (Å²) in [5.41, 5.74) is 3.38. The van der Waals surface area contributed by atoms with E-state index < -0.39 is 0 Å². The molecule has 5 rings (SSSR count). The zero-order valence-corrected chi connectivity index (χ0v) is 13.0. The number of benzene rings is 3. The van der Waals surface area contributed by atoms with Gasteiger partial charge in [0, 0.05) is 21.5 Å². The van der Waals surface area contributed by atoms with Gasteiger partial charge in [0.2, 0.25) is 0 Å². The van der Waals surface area contributed by atoms with Crippen molar-refractivity contribution < 1.29 is 0 Å². The van der Waals surface area contributed by atoms with Crippen LogP contribution in [0.25, 0.3) is 38.1 Å². The molecule has 0 aliphatic carbocycles. The summed E-state index contributed by atoms with van der Waals surface area (Å²) in [6, 6.07) is 18.9. The molecule has 2 aromatic heterocycles. The lowest BCUT2D eigenvalue weighted by atomic mass is 10.0. The van der Waals surface area contributed by atoms with Crippen LogP contribution in [-0.2, 0) is 0 Å². The fourth-order valence-electron chi connectivity index (χ4n) is 3.70. The molecule has 0 fully saturated rings. The molecule has 3 nitrogen and oxygen atoms in total. The van der Waals surface area contributed by atoms with Gasteiger partial charge in [0.1, 0.15) is 0 Å². The molecule has 3 aromatic carbocycles. The molecule has 3 heteroatoms. The van der Waals surface area contributed by atoms with Crippen molar-refractivity contribution in [3.8, 4) is 0 Å². The van der Waals surface area contributed by atoms with Crippen LogP contribution in [0.4, 0.5) is 0 Å². The first-order chi connectivity index (χ1) is 11.7. The SMILES string of the molecule is Cc1ccc2c(c1)c(=O)c1cccc3c(=O)c4ccccc4n2c31. The Labute approximate surface area is 136 Å². The van der Waals surface area contributed by atoms with E-state index >= 15 is 0 Å². The number of aryl methyl sites for hydroxylation is 1. The predicted molar refractivity (Wildman–Crippen MR) is 98.4 cm³/mol. The molecule has 0 atom stereocenters. The van der Waals surface area contributed by atoms with E-state index in [0.717, 1.165) is 16.6 Å². The second kappa shape index (κ2) is 4.42. The summed E-state index contributed by atoms with van der Waals surface area (Å²) in [6.45, 7) is 1.98. The van der Waals surface area contributed by atoms with E-state index in [0.29, 0.717) is 27.1 Å². The molecule has 0 bridgehead atoms. The van der Waals surface area contributed by atoms with Crippen molar-refractivity contribution in [3.05, 3.63) is 86.7 Å². The molecule has 0 saturated heterocycles. The third-order valence-corrected chi connectivity index (χ3v) is 4.78. The zero-order chi connectivity index (χ0) is 16.4. The van der Waals surface area contributed by atoms with Crippen molar-refractivity contribution >= 4 is 38.1 Å². The average Bonchev–Trinajstić information content (AvgIpc) is 2.61. The number of para-hydroxylation sites is 2. The Morgan fingerprint density at radius 3 is 2.08 bits per heavy atom. The van der Waals surface area contributed by atoms with Gasteiger partial charge in [-0.2, -0.15) is 0 Å². The Hall–Kier alpha value is -3.20.